The molecule has 4 aromatic carbocycles. The number of esters is 1. The van der Waals surface area contributed by atoms with E-state index in [9.17, 15) is 9.18 Å². The summed E-state index contributed by atoms with van der Waals surface area (Å²) in [7, 11) is 0. The summed E-state index contributed by atoms with van der Waals surface area (Å²) in [5, 5.41) is 0. The Balaban J connectivity index is 1.12. The molecule has 1 atom stereocenters. The van der Waals surface area contributed by atoms with Crippen LogP contribution in [0.15, 0.2) is 97.1 Å². The molecule has 1 unspecified atom stereocenters. The molecular weight excluding hydrogens is 519 g/mol. The number of ether oxygens (including phenoxy) is 1. The lowest BCUT2D eigenvalue weighted by Gasteiger charge is -2.30. The molecule has 0 bridgehead atoms. The van der Waals surface area contributed by atoms with Crippen LogP contribution in [0.3, 0.4) is 0 Å². The Morgan fingerprint density at radius 3 is 2.26 bits per heavy atom. The first-order valence-corrected chi connectivity index (χ1v) is 15.4. The van der Waals surface area contributed by atoms with Gasteiger partial charge in [-0.1, -0.05) is 105 Å². The average molecular weight is 561 g/mol. The molecule has 0 heterocycles. The summed E-state index contributed by atoms with van der Waals surface area (Å²) in [5.41, 5.74) is 5.69. The third-order valence-corrected chi connectivity index (χ3v) is 8.67. The highest BCUT2D eigenvalue weighted by atomic mass is 19.1. The SMILES string of the molecule is CCCc1ccc(OC(=O)c2ccc(/C=C/c3ccc(C4CCC(CC(C)c5ccccc5)CC4)cc3)c(F)c2)cc1. The number of hydrogen-bond acceptors (Lipinski definition) is 2. The molecule has 4 aromatic rings. The average Bonchev–Trinajstić information content (AvgIpc) is 3.02. The minimum atomic E-state index is -0.567. The second-order valence-electron chi connectivity index (χ2n) is 11.8. The van der Waals surface area contributed by atoms with E-state index in [2.05, 4.69) is 68.4 Å². The van der Waals surface area contributed by atoms with Crippen LogP contribution >= 0.6 is 0 Å². The minimum Gasteiger partial charge on any atom is -0.423 e. The second kappa shape index (κ2) is 14.3. The zero-order valence-corrected chi connectivity index (χ0v) is 24.8. The van der Waals surface area contributed by atoms with E-state index in [4.69, 9.17) is 4.74 Å². The first kappa shape index (κ1) is 29.5. The largest absolute Gasteiger partial charge is 0.423 e. The molecule has 0 N–H and O–H groups in total. The van der Waals surface area contributed by atoms with Gasteiger partial charge in [0.2, 0.25) is 0 Å². The molecule has 1 aliphatic rings. The molecule has 1 aliphatic carbocycles. The third-order valence-electron chi connectivity index (χ3n) is 8.67. The van der Waals surface area contributed by atoms with Gasteiger partial charge in [-0.3, -0.25) is 0 Å². The maximum absolute atomic E-state index is 14.8. The van der Waals surface area contributed by atoms with Crippen LogP contribution in [-0.4, -0.2) is 5.97 Å². The van der Waals surface area contributed by atoms with E-state index in [1.54, 1.807) is 30.3 Å². The van der Waals surface area contributed by atoms with Crippen LogP contribution in [0.2, 0.25) is 0 Å². The van der Waals surface area contributed by atoms with Crippen LogP contribution < -0.4 is 4.74 Å². The molecular formula is C39H41FO2. The van der Waals surface area contributed by atoms with Gasteiger partial charge in [-0.2, -0.15) is 0 Å². The molecule has 0 amide bonds. The maximum Gasteiger partial charge on any atom is 0.343 e. The van der Waals surface area contributed by atoms with E-state index in [1.807, 2.05) is 18.2 Å². The highest BCUT2D eigenvalue weighted by molar-refractivity contribution is 5.91. The van der Waals surface area contributed by atoms with Gasteiger partial charge in [0.15, 0.2) is 0 Å². The standard InChI is InChI=1S/C39H41FO2/c1-3-7-29-15-24-37(25-16-29)42-39(41)36-23-22-35(38(40)27-36)21-12-30-10-17-33(18-11-30)34-19-13-31(14-20-34)26-28(2)32-8-5-4-6-9-32/h4-6,8-12,15-18,21-25,27-28,31,34H,3,7,13-14,19-20,26H2,1-2H3/b21-12+. The van der Waals surface area contributed by atoms with E-state index < -0.39 is 11.8 Å². The van der Waals surface area contributed by atoms with Crippen molar-refractivity contribution in [3.05, 3.63) is 136 Å². The Morgan fingerprint density at radius 1 is 0.881 bits per heavy atom. The lowest BCUT2D eigenvalue weighted by atomic mass is 9.75. The normalized spacial score (nSPS) is 17.7. The van der Waals surface area contributed by atoms with Gasteiger partial charge >= 0.3 is 5.97 Å². The van der Waals surface area contributed by atoms with Gasteiger partial charge in [-0.15, -0.1) is 0 Å². The highest BCUT2D eigenvalue weighted by Crippen LogP contribution is 2.39. The van der Waals surface area contributed by atoms with Crippen molar-refractivity contribution in [1.82, 2.24) is 0 Å². The summed E-state index contributed by atoms with van der Waals surface area (Å²) in [6.07, 6.45) is 12.0. The van der Waals surface area contributed by atoms with Crippen LogP contribution in [0.1, 0.15) is 102 Å². The molecule has 2 nitrogen and oxygen atoms in total. The number of halogens is 1. The Hall–Kier alpha value is -3.98. The highest BCUT2D eigenvalue weighted by Gasteiger charge is 2.24. The predicted octanol–water partition coefficient (Wildman–Crippen LogP) is 10.6. The quantitative estimate of drug-likeness (QED) is 0.110. The van der Waals surface area contributed by atoms with Crippen molar-refractivity contribution in [2.45, 2.75) is 70.6 Å². The van der Waals surface area contributed by atoms with Gasteiger partial charge in [0.25, 0.3) is 0 Å². The summed E-state index contributed by atoms with van der Waals surface area (Å²) in [6.45, 7) is 4.48. The molecule has 216 valence electrons. The fourth-order valence-electron chi connectivity index (χ4n) is 6.18. The smallest absolute Gasteiger partial charge is 0.343 e. The molecule has 0 saturated heterocycles. The van der Waals surface area contributed by atoms with Gasteiger partial charge < -0.3 is 4.74 Å². The number of benzene rings is 4. The van der Waals surface area contributed by atoms with Gasteiger partial charge in [-0.25, -0.2) is 9.18 Å². The number of rotatable bonds is 10. The molecule has 5 rings (SSSR count). The summed E-state index contributed by atoms with van der Waals surface area (Å²) >= 11 is 0. The van der Waals surface area contributed by atoms with E-state index >= 15 is 0 Å². The first-order valence-electron chi connectivity index (χ1n) is 15.4. The van der Waals surface area contributed by atoms with Crippen LogP contribution in [0, 0.1) is 11.7 Å². The van der Waals surface area contributed by atoms with Crippen molar-refractivity contribution < 1.29 is 13.9 Å². The van der Waals surface area contributed by atoms with Gasteiger partial charge in [0, 0.05) is 5.56 Å². The monoisotopic (exact) mass is 560 g/mol. The van der Waals surface area contributed by atoms with Crippen molar-refractivity contribution in [1.29, 1.82) is 0 Å². The van der Waals surface area contributed by atoms with E-state index in [-0.39, 0.29) is 5.56 Å². The molecule has 1 fully saturated rings. The Bertz CT molecular complexity index is 1460. The third kappa shape index (κ3) is 7.85. The minimum absolute atomic E-state index is 0.191. The number of hydrogen-bond donors (Lipinski definition) is 0. The van der Waals surface area contributed by atoms with E-state index in [0.29, 0.717) is 23.1 Å². The molecule has 0 aliphatic heterocycles. The van der Waals surface area contributed by atoms with Crippen LogP contribution in [0.5, 0.6) is 5.75 Å². The molecule has 42 heavy (non-hydrogen) atoms. The Labute approximate surface area is 250 Å². The predicted molar refractivity (Wildman–Crippen MR) is 171 cm³/mol. The van der Waals surface area contributed by atoms with Crippen LogP contribution in [0.4, 0.5) is 4.39 Å². The van der Waals surface area contributed by atoms with E-state index in [1.165, 1.54) is 54.9 Å². The van der Waals surface area contributed by atoms with Crippen molar-refractivity contribution in [3.8, 4) is 5.75 Å². The fourth-order valence-corrected chi connectivity index (χ4v) is 6.18. The summed E-state index contributed by atoms with van der Waals surface area (Å²) < 4.78 is 20.3. The van der Waals surface area contributed by atoms with Crippen LogP contribution in [0.25, 0.3) is 12.2 Å². The van der Waals surface area contributed by atoms with Gasteiger partial charge in [0.1, 0.15) is 11.6 Å². The second-order valence-corrected chi connectivity index (χ2v) is 11.8. The number of carbonyl (C=O) groups excluding carboxylic acids is 1. The Kier molecular flexibility index (Phi) is 10.0. The lowest BCUT2D eigenvalue weighted by molar-refractivity contribution is 0.0734. The van der Waals surface area contributed by atoms with Gasteiger partial charge in [-0.05, 0) is 103 Å². The fraction of sp³-hybridized carbons (Fsp3) is 0.308. The molecule has 3 heteroatoms. The maximum atomic E-state index is 14.8. The van der Waals surface area contributed by atoms with E-state index in [0.717, 1.165) is 24.3 Å². The number of carbonyl (C=O) groups is 1. The number of aryl methyl sites for hydroxylation is 1. The van der Waals surface area contributed by atoms with Crippen molar-refractivity contribution in [3.63, 3.8) is 0 Å². The molecule has 0 radical (unpaired) electrons. The molecule has 0 aromatic heterocycles. The zero-order valence-electron chi connectivity index (χ0n) is 24.8. The summed E-state index contributed by atoms with van der Waals surface area (Å²) in [5.74, 6) is 1.47. The van der Waals surface area contributed by atoms with Gasteiger partial charge in [0.05, 0.1) is 5.56 Å². The van der Waals surface area contributed by atoms with Crippen LogP contribution in [-0.2, 0) is 6.42 Å². The Morgan fingerprint density at radius 2 is 1.60 bits per heavy atom. The van der Waals surface area contributed by atoms with Crippen molar-refractivity contribution in [2.75, 3.05) is 0 Å². The van der Waals surface area contributed by atoms with Crippen molar-refractivity contribution in [2.24, 2.45) is 5.92 Å². The molecule has 1 saturated carbocycles. The zero-order chi connectivity index (χ0) is 29.3. The lowest BCUT2D eigenvalue weighted by Crippen LogP contribution is -2.15. The first-order chi connectivity index (χ1) is 20.5. The molecule has 0 spiro atoms. The summed E-state index contributed by atoms with van der Waals surface area (Å²) in [4.78, 5) is 12.5. The summed E-state index contributed by atoms with van der Waals surface area (Å²) in [6, 6.07) is 31.5. The topological polar surface area (TPSA) is 26.3 Å². The van der Waals surface area contributed by atoms with Crippen molar-refractivity contribution >= 4 is 18.1 Å².